The van der Waals surface area contributed by atoms with Gasteiger partial charge < -0.3 is 19.8 Å². The maximum atomic E-state index is 12.5. The van der Waals surface area contributed by atoms with Gasteiger partial charge >= 0.3 is 0 Å². The Morgan fingerprint density at radius 2 is 1.79 bits per heavy atom. The van der Waals surface area contributed by atoms with Crippen LogP contribution in [0.25, 0.3) is 10.9 Å². The first-order valence-electron chi connectivity index (χ1n) is 7.03. The number of amides is 1. The zero-order valence-electron chi connectivity index (χ0n) is 12.9. The summed E-state index contributed by atoms with van der Waals surface area (Å²) in [5, 5.41) is 4.58. The fourth-order valence-electron chi connectivity index (χ4n) is 2.39. The monoisotopic (exact) mass is 364 g/mol. The van der Waals surface area contributed by atoms with Gasteiger partial charge in [-0.25, -0.2) is 0 Å². The lowest BCUT2D eigenvalue weighted by Gasteiger charge is -2.12. The molecule has 2 aromatic carbocycles. The van der Waals surface area contributed by atoms with E-state index >= 15 is 0 Å². The molecule has 0 fully saturated rings. The Morgan fingerprint density at radius 1 is 1.04 bits per heavy atom. The second kappa shape index (κ2) is 6.63. The van der Waals surface area contributed by atoms with Crippen LogP contribution in [0.5, 0.6) is 11.5 Å². The van der Waals surface area contributed by atoms with E-state index in [9.17, 15) is 4.79 Å². The van der Waals surface area contributed by atoms with Crippen molar-refractivity contribution in [3.63, 3.8) is 0 Å². The van der Waals surface area contributed by atoms with Crippen molar-refractivity contribution in [1.29, 1.82) is 0 Å². The zero-order chi connectivity index (χ0) is 17.3. The van der Waals surface area contributed by atoms with Crippen LogP contribution >= 0.6 is 23.2 Å². The third-order valence-corrected chi connectivity index (χ3v) is 4.18. The van der Waals surface area contributed by atoms with Crippen molar-refractivity contribution >= 4 is 45.7 Å². The number of hydrogen-bond acceptors (Lipinski definition) is 3. The number of carbonyl (C=O) groups excluding carboxylic acids is 1. The summed E-state index contributed by atoms with van der Waals surface area (Å²) >= 11 is 12.2. The lowest BCUT2D eigenvalue weighted by Crippen LogP contribution is -2.13. The maximum Gasteiger partial charge on any atom is 0.272 e. The Bertz CT molecular complexity index is 922. The second-order valence-corrected chi connectivity index (χ2v) is 5.84. The van der Waals surface area contributed by atoms with Crippen LogP contribution in [-0.4, -0.2) is 25.1 Å². The van der Waals surface area contributed by atoms with E-state index in [4.69, 9.17) is 32.7 Å². The summed E-state index contributed by atoms with van der Waals surface area (Å²) in [6.07, 6.45) is 0. The van der Waals surface area contributed by atoms with E-state index in [-0.39, 0.29) is 5.91 Å². The Morgan fingerprint density at radius 3 is 2.46 bits per heavy atom. The molecule has 0 aliphatic heterocycles. The molecule has 0 aliphatic carbocycles. The molecule has 0 saturated heterocycles. The average molecular weight is 365 g/mol. The summed E-state index contributed by atoms with van der Waals surface area (Å²) in [5.74, 6) is 0.542. The molecule has 1 amide bonds. The minimum Gasteiger partial charge on any atom is -0.495 e. The summed E-state index contributed by atoms with van der Waals surface area (Å²) in [4.78, 5) is 15.6. The van der Waals surface area contributed by atoms with Crippen molar-refractivity contribution in [3.05, 3.63) is 52.1 Å². The van der Waals surface area contributed by atoms with Gasteiger partial charge in [-0.15, -0.1) is 0 Å². The highest BCUT2D eigenvalue weighted by atomic mass is 35.5. The molecule has 0 atom stereocenters. The van der Waals surface area contributed by atoms with E-state index in [1.54, 1.807) is 24.3 Å². The molecule has 0 unspecified atom stereocenters. The molecule has 24 heavy (non-hydrogen) atoms. The Hall–Kier alpha value is -2.37. The number of rotatable bonds is 4. The average Bonchev–Trinajstić information content (AvgIpc) is 3.01. The van der Waals surface area contributed by atoms with Crippen molar-refractivity contribution in [2.24, 2.45) is 0 Å². The van der Waals surface area contributed by atoms with Crippen LogP contribution in [0.4, 0.5) is 5.69 Å². The van der Waals surface area contributed by atoms with Crippen LogP contribution < -0.4 is 14.8 Å². The van der Waals surface area contributed by atoms with Crippen molar-refractivity contribution in [2.45, 2.75) is 0 Å². The molecule has 1 aromatic heterocycles. The fraction of sp³-hybridized carbons (Fsp3) is 0.118. The number of aromatic nitrogens is 1. The molecule has 5 nitrogen and oxygen atoms in total. The number of benzene rings is 2. The van der Waals surface area contributed by atoms with Crippen LogP contribution in [0.1, 0.15) is 10.5 Å². The summed E-state index contributed by atoms with van der Waals surface area (Å²) in [5.41, 5.74) is 1.55. The van der Waals surface area contributed by atoms with Gasteiger partial charge in [-0.05, 0) is 12.1 Å². The van der Waals surface area contributed by atoms with Crippen LogP contribution in [0.3, 0.4) is 0 Å². The number of H-pyrrole nitrogens is 1. The highest BCUT2D eigenvalue weighted by Gasteiger charge is 2.16. The SMILES string of the molecule is COc1cc(NC(=O)c2cc3cccc(Cl)c3[nH]2)c(OC)cc1Cl. The molecule has 0 saturated carbocycles. The number of methoxy groups -OCH3 is 2. The molecular weight excluding hydrogens is 351 g/mol. The van der Waals surface area contributed by atoms with Crippen LogP contribution in [0.15, 0.2) is 36.4 Å². The Kier molecular flexibility index (Phi) is 4.55. The van der Waals surface area contributed by atoms with E-state index < -0.39 is 0 Å². The smallest absolute Gasteiger partial charge is 0.272 e. The summed E-state index contributed by atoms with van der Waals surface area (Å²) in [6, 6.07) is 10.4. The van der Waals surface area contributed by atoms with Gasteiger partial charge in [0.2, 0.25) is 0 Å². The van der Waals surface area contributed by atoms with E-state index in [2.05, 4.69) is 10.3 Å². The first-order valence-corrected chi connectivity index (χ1v) is 7.79. The molecule has 0 spiro atoms. The third kappa shape index (κ3) is 3.00. The highest BCUT2D eigenvalue weighted by molar-refractivity contribution is 6.35. The molecule has 0 aliphatic rings. The first-order chi connectivity index (χ1) is 11.5. The normalized spacial score (nSPS) is 10.7. The van der Waals surface area contributed by atoms with E-state index in [1.807, 2.05) is 12.1 Å². The number of halogens is 2. The number of anilines is 1. The topological polar surface area (TPSA) is 63.3 Å². The predicted molar refractivity (Wildman–Crippen MR) is 95.8 cm³/mol. The van der Waals surface area contributed by atoms with Crippen LogP contribution in [0.2, 0.25) is 10.0 Å². The number of para-hydroxylation sites is 1. The predicted octanol–water partition coefficient (Wildman–Crippen LogP) is 4.74. The summed E-state index contributed by atoms with van der Waals surface area (Å²) < 4.78 is 10.4. The van der Waals surface area contributed by atoms with Gasteiger partial charge in [0.05, 0.1) is 35.5 Å². The largest absolute Gasteiger partial charge is 0.495 e. The third-order valence-electron chi connectivity index (χ3n) is 3.57. The zero-order valence-corrected chi connectivity index (χ0v) is 14.5. The van der Waals surface area contributed by atoms with Gasteiger partial charge in [0.15, 0.2) is 0 Å². The lowest BCUT2D eigenvalue weighted by molar-refractivity contribution is 0.102. The van der Waals surface area contributed by atoms with Gasteiger partial charge in [-0.3, -0.25) is 4.79 Å². The highest BCUT2D eigenvalue weighted by Crippen LogP contribution is 2.36. The van der Waals surface area contributed by atoms with E-state index in [0.717, 1.165) is 5.39 Å². The molecule has 0 bridgehead atoms. The number of nitrogens with one attached hydrogen (secondary N) is 2. The van der Waals surface area contributed by atoms with Gasteiger partial charge in [0.25, 0.3) is 5.91 Å². The molecular formula is C17H14Cl2N2O3. The van der Waals surface area contributed by atoms with Crippen LogP contribution in [0, 0.1) is 0 Å². The molecule has 2 N–H and O–H groups in total. The van der Waals surface area contributed by atoms with Gasteiger partial charge in [0, 0.05) is 17.5 Å². The minimum atomic E-state index is -0.329. The van der Waals surface area contributed by atoms with Crippen LogP contribution in [-0.2, 0) is 0 Å². The second-order valence-electron chi connectivity index (χ2n) is 5.03. The van der Waals surface area contributed by atoms with Crippen molar-refractivity contribution in [3.8, 4) is 11.5 Å². The van der Waals surface area contributed by atoms with Crippen molar-refractivity contribution in [1.82, 2.24) is 4.98 Å². The summed E-state index contributed by atoms with van der Waals surface area (Å²) in [6.45, 7) is 0. The number of aromatic amines is 1. The van der Waals surface area contributed by atoms with Crippen molar-refractivity contribution in [2.75, 3.05) is 19.5 Å². The van der Waals surface area contributed by atoms with E-state index in [1.165, 1.54) is 14.2 Å². The Balaban J connectivity index is 1.95. The molecule has 3 rings (SSSR count). The van der Waals surface area contributed by atoms with Gasteiger partial charge in [-0.2, -0.15) is 0 Å². The maximum absolute atomic E-state index is 12.5. The van der Waals surface area contributed by atoms with Crippen molar-refractivity contribution < 1.29 is 14.3 Å². The molecule has 7 heteroatoms. The van der Waals surface area contributed by atoms with E-state index in [0.29, 0.717) is 38.4 Å². The number of hydrogen-bond donors (Lipinski definition) is 2. The van der Waals surface area contributed by atoms with Gasteiger partial charge in [-0.1, -0.05) is 35.3 Å². The standard InChI is InChI=1S/C17H14Cl2N2O3/c1-23-14-8-12(15(24-2)7-11(14)19)21-17(22)13-6-9-4-3-5-10(18)16(9)20-13/h3-8,20H,1-2H3,(H,21,22). The molecule has 1 heterocycles. The fourth-order valence-corrected chi connectivity index (χ4v) is 2.85. The number of ether oxygens (including phenoxy) is 2. The lowest BCUT2D eigenvalue weighted by atomic mass is 10.2. The molecule has 124 valence electrons. The first kappa shape index (κ1) is 16.5. The quantitative estimate of drug-likeness (QED) is 0.702. The number of fused-ring (bicyclic) bond motifs is 1. The molecule has 3 aromatic rings. The minimum absolute atomic E-state index is 0.329. The molecule has 0 radical (unpaired) electrons. The Labute approximate surface area is 148 Å². The summed E-state index contributed by atoms with van der Waals surface area (Å²) in [7, 11) is 3.00. The van der Waals surface area contributed by atoms with Gasteiger partial charge in [0.1, 0.15) is 17.2 Å². The number of carbonyl (C=O) groups is 1.